The van der Waals surface area contributed by atoms with Crippen molar-refractivity contribution < 1.29 is 74.4 Å². The van der Waals surface area contributed by atoms with E-state index in [0.717, 1.165) is 6.26 Å². The van der Waals surface area contributed by atoms with Crippen molar-refractivity contribution in [2.75, 3.05) is 12.9 Å². The van der Waals surface area contributed by atoms with Crippen molar-refractivity contribution in [3.05, 3.63) is 11.2 Å². The van der Waals surface area contributed by atoms with Crippen LogP contribution in [0.15, 0.2) is 11.2 Å². The Labute approximate surface area is 119 Å². The number of sulfone groups is 1. The Hall–Kier alpha value is 0.596. The van der Waals surface area contributed by atoms with Crippen molar-refractivity contribution in [3.63, 3.8) is 0 Å². The first-order chi connectivity index (χ1) is 5.37. The zero-order chi connectivity index (χ0) is 9.78. The molecule has 0 aliphatic rings. The van der Waals surface area contributed by atoms with E-state index in [2.05, 4.69) is 4.74 Å². The summed E-state index contributed by atoms with van der Waals surface area (Å²) in [4.78, 5) is 10.6. The maximum atomic E-state index is 10.6. The second kappa shape index (κ2) is 6.96. The molecular formula is C6H9KO5S. The SMILES string of the molecule is CCOC(=O)/C([O-])=C/S(C)(=O)=O.[K+]. The third-order valence-electron chi connectivity index (χ3n) is 0.798. The summed E-state index contributed by atoms with van der Waals surface area (Å²) in [5.41, 5.74) is 0. The van der Waals surface area contributed by atoms with Crippen LogP contribution in [0.3, 0.4) is 0 Å². The van der Waals surface area contributed by atoms with Crippen molar-refractivity contribution >= 4 is 15.8 Å². The van der Waals surface area contributed by atoms with E-state index < -0.39 is 21.6 Å². The normalized spacial score (nSPS) is 11.7. The van der Waals surface area contributed by atoms with Crippen LogP contribution in [0, 0.1) is 0 Å². The van der Waals surface area contributed by atoms with Crippen LogP contribution in [-0.2, 0) is 19.4 Å². The Morgan fingerprint density at radius 2 is 2.00 bits per heavy atom. The Balaban J connectivity index is 0. The molecule has 0 amide bonds. The van der Waals surface area contributed by atoms with Gasteiger partial charge in [0.05, 0.1) is 6.61 Å². The van der Waals surface area contributed by atoms with E-state index in [-0.39, 0.29) is 58.0 Å². The van der Waals surface area contributed by atoms with Gasteiger partial charge >= 0.3 is 57.4 Å². The number of rotatable bonds is 3. The molecule has 0 heterocycles. The summed E-state index contributed by atoms with van der Waals surface area (Å²) < 4.78 is 25.2. The van der Waals surface area contributed by atoms with Gasteiger partial charge in [0, 0.05) is 11.7 Å². The number of carbonyl (C=O) groups excluding carboxylic acids is 1. The molecule has 0 bridgehead atoms. The van der Waals surface area contributed by atoms with Crippen LogP contribution in [-0.4, -0.2) is 27.2 Å². The van der Waals surface area contributed by atoms with Crippen molar-refractivity contribution in [1.82, 2.24) is 0 Å². The van der Waals surface area contributed by atoms with E-state index in [4.69, 9.17) is 0 Å². The fourth-order valence-corrected chi connectivity index (χ4v) is 0.930. The first kappa shape index (κ1) is 16.0. The largest absolute Gasteiger partial charge is 1.00 e. The van der Waals surface area contributed by atoms with Crippen molar-refractivity contribution in [2.24, 2.45) is 0 Å². The topological polar surface area (TPSA) is 83.5 Å². The van der Waals surface area contributed by atoms with Gasteiger partial charge in [0.25, 0.3) is 0 Å². The van der Waals surface area contributed by atoms with Gasteiger partial charge in [0.1, 0.15) is 0 Å². The van der Waals surface area contributed by atoms with Crippen LogP contribution in [0.2, 0.25) is 0 Å². The Kier molecular flexibility index (Phi) is 8.59. The van der Waals surface area contributed by atoms with Crippen molar-refractivity contribution in [1.29, 1.82) is 0 Å². The minimum atomic E-state index is -3.56. The van der Waals surface area contributed by atoms with Crippen LogP contribution < -0.4 is 56.5 Å². The predicted octanol–water partition coefficient (Wildman–Crippen LogP) is -4.20. The van der Waals surface area contributed by atoms with E-state index in [1.54, 1.807) is 0 Å². The first-order valence-electron chi connectivity index (χ1n) is 3.12. The minimum absolute atomic E-state index is 0. The number of carbonyl (C=O) groups is 1. The van der Waals surface area contributed by atoms with Gasteiger partial charge in [-0.1, -0.05) is 0 Å². The van der Waals surface area contributed by atoms with Crippen molar-refractivity contribution in [2.45, 2.75) is 6.92 Å². The number of hydrogen-bond donors (Lipinski definition) is 0. The second-order valence-corrected chi connectivity index (χ2v) is 3.93. The van der Waals surface area contributed by atoms with Crippen LogP contribution in [0.5, 0.6) is 0 Å². The summed E-state index contributed by atoms with van der Waals surface area (Å²) in [6.45, 7) is 1.56. The van der Waals surface area contributed by atoms with E-state index in [1.807, 2.05) is 0 Å². The third kappa shape index (κ3) is 8.91. The number of esters is 1. The minimum Gasteiger partial charge on any atom is -0.867 e. The molecule has 0 atom stereocenters. The summed E-state index contributed by atoms with van der Waals surface area (Å²) in [6, 6.07) is 0. The van der Waals surface area contributed by atoms with Gasteiger partial charge in [-0.3, -0.25) is 0 Å². The molecule has 70 valence electrons. The summed E-state index contributed by atoms with van der Waals surface area (Å²) in [5.74, 6) is -2.30. The quantitative estimate of drug-likeness (QED) is 0.213. The van der Waals surface area contributed by atoms with Gasteiger partial charge in [-0.05, 0) is 12.7 Å². The van der Waals surface area contributed by atoms with Crippen LogP contribution in [0.1, 0.15) is 6.92 Å². The molecule has 0 aliphatic heterocycles. The summed E-state index contributed by atoms with van der Waals surface area (Å²) >= 11 is 0. The van der Waals surface area contributed by atoms with Crippen LogP contribution >= 0.6 is 0 Å². The molecule has 0 aromatic heterocycles. The predicted molar refractivity (Wildman–Crippen MR) is 39.6 cm³/mol. The van der Waals surface area contributed by atoms with Crippen LogP contribution in [0.4, 0.5) is 0 Å². The smallest absolute Gasteiger partial charge is 0.867 e. The number of ether oxygens (including phenoxy) is 1. The third-order valence-corrected chi connectivity index (χ3v) is 1.44. The summed E-state index contributed by atoms with van der Waals surface area (Å²) in [6.07, 6.45) is 0.824. The molecule has 0 aromatic carbocycles. The molecule has 0 aliphatic carbocycles. The maximum absolute atomic E-state index is 10.6. The van der Waals surface area contributed by atoms with Gasteiger partial charge in [-0.2, -0.15) is 0 Å². The standard InChI is InChI=1S/C6H10O5S.K/c1-3-11-6(8)5(7)4-12(2,9)10;/h4,7H,3H2,1-2H3;/q;+1/p-1/b5-4-;. The molecular weight excluding hydrogens is 223 g/mol. The summed E-state index contributed by atoms with van der Waals surface area (Å²) in [5, 5.41) is 11.0. The van der Waals surface area contributed by atoms with E-state index in [0.29, 0.717) is 5.41 Å². The molecule has 0 spiro atoms. The molecule has 0 rings (SSSR count). The Bertz CT molecular complexity index is 292. The van der Waals surface area contributed by atoms with Gasteiger partial charge < -0.3 is 9.84 Å². The average molecular weight is 232 g/mol. The van der Waals surface area contributed by atoms with Crippen LogP contribution in [0.25, 0.3) is 0 Å². The first-order valence-corrected chi connectivity index (χ1v) is 5.08. The zero-order valence-corrected chi connectivity index (χ0v) is 11.7. The molecule has 0 N–H and O–H groups in total. The molecule has 0 aromatic rings. The van der Waals surface area contributed by atoms with Crippen molar-refractivity contribution in [3.8, 4) is 0 Å². The van der Waals surface area contributed by atoms with E-state index in [1.165, 1.54) is 6.92 Å². The zero-order valence-electron chi connectivity index (χ0n) is 7.73. The molecule has 0 unspecified atom stereocenters. The molecule has 0 saturated carbocycles. The molecule has 0 saturated heterocycles. The fraction of sp³-hybridized carbons (Fsp3) is 0.500. The van der Waals surface area contributed by atoms with E-state index >= 15 is 0 Å². The van der Waals surface area contributed by atoms with E-state index in [9.17, 15) is 18.3 Å². The Morgan fingerprint density at radius 1 is 1.54 bits per heavy atom. The van der Waals surface area contributed by atoms with Gasteiger partial charge in [-0.15, -0.1) is 0 Å². The molecule has 0 radical (unpaired) electrons. The second-order valence-electron chi connectivity index (χ2n) is 2.03. The van der Waals surface area contributed by atoms with Gasteiger partial charge in [-0.25, -0.2) is 13.2 Å². The molecule has 7 heteroatoms. The van der Waals surface area contributed by atoms with Gasteiger partial charge in [0.2, 0.25) is 0 Å². The fourth-order valence-electron chi connectivity index (χ4n) is 0.445. The summed E-state index contributed by atoms with van der Waals surface area (Å²) in [7, 11) is -3.56. The maximum Gasteiger partial charge on any atom is 1.00 e. The number of hydrogen-bond acceptors (Lipinski definition) is 5. The Morgan fingerprint density at radius 3 is 2.31 bits per heavy atom. The monoisotopic (exact) mass is 232 g/mol. The van der Waals surface area contributed by atoms with Gasteiger partial charge in [0.15, 0.2) is 9.84 Å². The molecule has 0 fully saturated rings. The molecule has 13 heavy (non-hydrogen) atoms. The average Bonchev–Trinajstić information content (AvgIpc) is 1.84. The molecule has 5 nitrogen and oxygen atoms in total.